The fraction of sp³-hybridized carbons (Fsp3) is 0.692. The van der Waals surface area contributed by atoms with E-state index in [0.717, 1.165) is 24.8 Å². The summed E-state index contributed by atoms with van der Waals surface area (Å²) >= 11 is 0. The average Bonchev–Trinajstić information content (AvgIpc) is 2.65. The number of benzene rings is 1. The topological polar surface area (TPSA) is 82.1 Å². The molecule has 6 nitrogen and oxygen atoms in total. The van der Waals surface area contributed by atoms with E-state index in [1.807, 2.05) is 0 Å². The summed E-state index contributed by atoms with van der Waals surface area (Å²) in [7, 11) is 0. The Morgan fingerprint density at radius 3 is 2.25 bits per heavy atom. The van der Waals surface area contributed by atoms with Crippen molar-refractivity contribution in [3.8, 4) is 17.2 Å². The monoisotopic (exact) mass is 444 g/mol. The minimum Gasteiger partial charge on any atom is -0.487 e. The number of aliphatic hydroxyl groups excluding tert-OH is 1. The van der Waals surface area contributed by atoms with Gasteiger partial charge >= 0.3 is 11.9 Å². The quantitative estimate of drug-likeness (QED) is 0.521. The third-order valence-electron chi connectivity index (χ3n) is 8.50. The van der Waals surface area contributed by atoms with Crippen molar-refractivity contribution in [3.63, 3.8) is 0 Å². The van der Waals surface area contributed by atoms with Crippen molar-refractivity contribution in [2.75, 3.05) is 6.61 Å². The van der Waals surface area contributed by atoms with E-state index in [2.05, 4.69) is 27.7 Å². The van der Waals surface area contributed by atoms with Crippen molar-refractivity contribution < 1.29 is 28.9 Å². The Kier molecular flexibility index (Phi) is 5.60. The molecule has 32 heavy (non-hydrogen) atoms. The van der Waals surface area contributed by atoms with Crippen LogP contribution in [0.25, 0.3) is 0 Å². The predicted molar refractivity (Wildman–Crippen MR) is 120 cm³/mol. The first-order valence-electron chi connectivity index (χ1n) is 11.8. The van der Waals surface area contributed by atoms with E-state index in [4.69, 9.17) is 14.2 Å². The van der Waals surface area contributed by atoms with E-state index in [1.165, 1.54) is 26.7 Å². The molecule has 2 saturated carbocycles. The fourth-order valence-corrected chi connectivity index (χ4v) is 7.58. The van der Waals surface area contributed by atoms with Gasteiger partial charge in [0, 0.05) is 37.3 Å². The van der Waals surface area contributed by atoms with Gasteiger partial charge in [0.1, 0.15) is 11.4 Å². The lowest BCUT2D eigenvalue weighted by Crippen LogP contribution is -2.63. The molecule has 0 radical (unpaired) electrons. The van der Waals surface area contributed by atoms with E-state index >= 15 is 0 Å². The van der Waals surface area contributed by atoms with Crippen LogP contribution >= 0.6 is 0 Å². The Hall–Kier alpha value is -2.08. The molecule has 1 aromatic carbocycles. The minimum absolute atomic E-state index is 0.0220. The van der Waals surface area contributed by atoms with Gasteiger partial charge < -0.3 is 19.3 Å². The molecule has 1 N–H and O–H groups in total. The van der Waals surface area contributed by atoms with Gasteiger partial charge in [0.15, 0.2) is 11.5 Å². The van der Waals surface area contributed by atoms with Crippen molar-refractivity contribution in [1.82, 2.24) is 0 Å². The minimum atomic E-state index is -0.505. The molecule has 0 unspecified atom stereocenters. The Morgan fingerprint density at radius 2 is 1.66 bits per heavy atom. The maximum atomic E-state index is 11.7. The Bertz CT molecular complexity index is 936. The van der Waals surface area contributed by atoms with E-state index in [9.17, 15) is 14.7 Å². The van der Waals surface area contributed by atoms with Gasteiger partial charge in [-0.1, -0.05) is 27.2 Å². The predicted octanol–water partition coefficient (Wildman–Crippen LogP) is 5.01. The van der Waals surface area contributed by atoms with Crippen LogP contribution < -0.4 is 14.2 Å². The lowest BCUT2D eigenvalue weighted by Gasteiger charge is -2.65. The summed E-state index contributed by atoms with van der Waals surface area (Å²) in [6.45, 7) is 11.9. The Balaban J connectivity index is 1.85. The van der Waals surface area contributed by atoms with Crippen LogP contribution in [0.1, 0.15) is 85.1 Å². The van der Waals surface area contributed by atoms with Crippen LogP contribution in [0.5, 0.6) is 17.2 Å². The number of fused-ring (bicyclic) bond motifs is 4. The largest absolute Gasteiger partial charge is 0.487 e. The molecule has 5 atom stereocenters. The summed E-state index contributed by atoms with van der Waals surface area (Å²) in [5.74, 6) is 0.430. The third kappa shape index (κ3) is 3.60. The van der Waals surface area contributed by atoms with Crippen LogP contribution in [-0.4, -0.2) is 29.3 Å². The van der Waals surface area contributed by atoms with Crippen LogP contribution in [0.4, 0.5) is 0 Å². The standard InChI is InChI=1S/C26H36O6/c1-15(28)30-20-12-17-18(14-27)23-25(5)10-7-9-24(3,4)22(25)8-11-26(23,6)32-19(17)13-21(20)31-16(2)29/h12-13,18,22-23,27H,7-11,14H2,1-6H3/t18-,22+,23-,25+,26+/m1/s1. The second-order valence-corrected chi connectivity index (χ2v) is 11.1. The highest BCUT2D eigenvalue weighted by atomic mass is 16.6. The van der Waals surface area contributed by atoms with Crippen LogP contribution in [0.2, 0.25) is 0 Å². The van der Waals surface area contributed by atoms with E-state index < -0.39 is 17.5 Å². The smallest absolute Gasteiger partial charge is 0.308 e. The molecule has 2 fully saturated rings. The second-order valence-electron chi connectivity index (χ2n) is 11.1. The summed E-state index contributed by atoms with van der Waals surface area (Å²) in [5, 5.41) is 10.7. The van der Waals surface area contributed by atoms with Gasteiger partial charge in [0.2, 0.25) is 0 Å². The van der Waals surface area contributed by atoms with Gasteiger partial charge in [-0.2, -0.15) is 0 Å². The number of esters is 2. The molecule has 0 amide bonds. The van der Waals surface area contributed by atoms with Crippen molar-refractivity contribution >= 4 is 11.9 Å². The van der Waals surface area contributed by atoms with Gasteiger partial charge in [-0.15, -0.1) is 0 Å². The molecular weight excluding hydrogens is 408 g/mol. The number of rotatable bonds is 3. The van der Waals surface area contributed by atoms with Crippen LogP contribution in [0, 0.1) is 22.7 Å². The number of hydrogen-bond acceptors (Lipinski definition) is 6. The molecule has 0 saturated heterocycles. The highest BCUT2D eigenvalue weighted by molar-refractivity contribution is 5.74. The number of aliphatic hydroxyl groups is 1. The third-order valence-corrected chi connectivity index (χ3v) is 8.50. The van der Waals surface area contributed by atoms with Crippen LogP contribution in [0.15, 0.2) is 12.1 Å². The van der Waals surface area contributed by atoms with Gasteiger partial charge in [0.05, 0.1) is 6.61 Å². The van der Waals surface area contributed by atoms with Crippen LogP contribution in [0.3, 0.4) is 0 Å². The lowest BCUT2D eigenvalue weighted by molar-refractivity contribution is -0.176. The molecule has 0 bridgehead atoms. The molecule has 176 valence electrons. The van der Waals surface area contributed by atoms with Crippen LogP contribution in [-0.2, 0) is 9.59 Å². The van der Waals surface area contributed by atoms with E-state index in [1.54, 1.807) is 12.1 Å². The molecule has 3 aliphatic rings. The maximum Gasteiger partial charge on any atom is 0.308 e. The zero-order chi connectivity index (χ0) is 23.5. The summed E-state index contributed by atoms with van der Waals surface area (Å²) in [5.41, 5.74) is 0.648. The SMILES string of the molecule is CC(=O)Oc1cc2c(cc1OC(C)=O)[C@@H](CO)[C@@H]1[C@@]3(C)CCCC(C)(C)[C@@H]3CC[C@]1(C)O2. The maximum absolute atomic E-state index is 11.7. The molecule has 0 spiro atoms. The Labute approximate surface area is 190 Å². The lowest BCUT2D eigenvalue weighted by atomic mass is 9.43. The first-order valence-corrected chi connectivity index (χ1v) is 11.8. The zero-order valence-electron chi connectivity index (χ0n) is 20.1. The molecule has 1 heterocycles. The highest BCUT2D eigenvalue weighted by Crippen LogP contribution is 2.67. The summed E-state index contributed by atoms with van der Waals surface area (Å²) in [6.07, 6.45) is 5.50. The molecule has 1 aromatic rings. The van der Waals surface area contributed by atoms with Crippen molar-refractivity contribution in [3.05, 3.63) is 17.7 Å². The summed E-state index contributed by atoms with van der Waals surface area (Å²) < 4.78 is 17.4. The molecule has 0 aromatic heterocycles. The Morgan fingerprint density at radius 1 is 1.03 bits per heavy atom. The summed E-state index contributed by atoms with van der Waals surface area (Å²) in [6, 6.07) is 3.36. The molecule has 4 rings (SSSR count). The second kappa shape index (κ2) is 7.75. The van der Waals surface area contributed by atoms with E-state index in [-0.39, 0.29) is 40.8 Å². The molecule has 2 aliphatic carbocycles. The van der Waals surface area contributed by atoms with Gasteiger partial charge in [0.25, 0.3) is 0 Å². The van der Waals surface area contributed by atoms with Gasteiger partial charge in [-0.3, -0.25) is 9.59 Å². The van der Waals surface area contributed by atoms with Crippen molar-refractivity contribution in [2.24, 2.45) is 22.7 Å². The average molecular weight is 445 g/mol. The molecule has 1 aliphatic heterocycles. The highest BCUT2D eigenvalue weighted by Gasteiger charge is 2.63. The van der Waals surface area contributed by atoms with Gasteiger partial charge in [-0.25, -0.2) is 0 Å². The molecular formula is C26H36O6. The fourth-order valence-electron chi connectivity index (χ4n) is 7.58. The van der Waals surface area contributed by atoms with Crippen molar-refractivity contribution in [1.29, 1.82) is 0 Å². The first-order chi connectivity index (χ1) is 14.9. The number of ether oxygens (including phenoxy) is 3. The number of hydrogen-bond donors (Lipinski definition) is 1. The summed E-state index contributed by atoms with van der Waals surface area (Å²) in [4.78, 5) is 23.4. The first kappa shape index (κ1) is 23.1. The van der Waals surface area contributed by atoms with Gasteiger partial charge in [-0.05, 0) is 55.4 Å². The normalized spacial score (nSPS) is 34.9. The van der Waals surface area contributed by atoms with Crippen molar-refractivity contribution in [2.45, 2.75) is 85.2 Å². The molecule has 6 heteroatoms. The number of carbonyl (C=O) groups is 2. The number of carbonyl (C=O) groups excluding carboxylic acids is 2. The zero-order valence-corrected chi connectivity index (χ0v) is 20.1. The van der Waals surface area contributed by atoms with E-state index in [0.29, 0.717) is 11.7 Å².